The first-order chi connectivity index (χ1) is 11.4. The van der Waals surface area contributed by atoms with Crippen LogP contribution in [0.25, 0.3) is 0 Å². The zero-order valence-electron chi connectivity index (χ0n) is 13.4. The van der Waals surface area contributed by atoms with Gasteiger partial charge >= 0.3 is 0 Å². The number of carbonyl (C=O) groups is 1. The van der Waals surface area contributed by atoms with E-state index in [0.29, 0.717) is 25.1 Å². The fraction of sp³-hybridized carbons (Fsp3) is 0.353. The minimum Gasteiger partial charge on any atom is -0.349 e. The lowest BCUT2D eigenvalue weighted by molar-refractivity contribution is -0.121. The van der Waals surface area contributed by atoms with Crippen molar-refractivity contribution in [3.8, 4) is 0 Å². The molecule has 1 aromatic heterocycles. The number of sulfonamides is 1. The van der Waals surface area contributed by atoms with Crippen molar-refractivity contribution in [3.63, 3.8) is 0 Å². The highest BCUT2D eigenvalue weighted by molar-refractivity contribution is 7.92. The van der Waals surface area contributed by atoms with E-state index in [2.05, 4.69) is 5.32 Å². The van der Waals surface area contributed by atoms with Crippen molar-refractivity contribution >= 4 is 33.0 Å². The van der Waals surface area contributed by atoms with Crippen molar-refractivity contribution < 1.29 is 13.2 Å². The van der Waals surface area contributed by atoms with Gasteiger partial charge in [-0.1, -0.05) is 24.3 Å². The smallest absolute Gasteiger partial charge is 0.232 e. The summed E-state index contributed by atoms with van der Waals surface area (Å²) in [7, 11) is -3.31. The second-order valence-electron chi connectivity index (χ2n) is 5.88. The van der Waals surface area contributed by atoms with Crippen LogP contribution in [0.4, 0.5) is 5.69 Å². The standard InChI is InChI=1S/C17H20N2O3S2/c1-24(21,22)19-11-10-15(14-6-2-3-7-16(14)19)18-17(20)9-8-13-5-4-12-23-13/h2-7,12,15H,8-11H2,1H3,(H,18,20). The first-order valence-corrected chi connectivity index (χ1v) is 10.6. The third-order valence-electron chi connectivity index (χ3n) is 4.12. The molecule has 3 rings (SSSR count). The summed E-state index contributed by atoms with van der Waals surface area (Å²) in [6.07, 6.45) is 2.96. The monoisotopic (exact) mass is 364 g/mol. The molecule has 7 heteroatoms. The number of para-hydroxylation sites is 1. The van der Waals surface area contributed by atoms with Gasteiger partial charge in [0.25, 0.3) is 0 Å². The Morgan fingerprint density at radius 3 is 2.79 bits per heavy atom. The number of aryl methyl sites for hydroxylation is 1. The molecule has 1 aliphatic rings. The molecule has 0 fully saturated rings. The molecule has 1 aromatic carbocycles. The van der Waals surface area contributed by atoms with Gasteiger partial charge in [-0.2, -0.15) is 0 Å². The van der Waals surface area contributed by atoms with Gasteiger partial charge in [-0.15, -0.1) is 11.3 Å². The van der Waals surface area contributed by atoms with Crippen molar-refractivity contribution in [3.05, 3.63) is 52.2 Å². The normalized spacial score (nSPS) is 17.4. The van der Waals surface area contributed by atoms with Crippen LogP contribution in [0.15, 0.2) is 41.8 Å². The SMILES string of the molecule is CS(=O)(=O)N1CCC(NC(=O)CCc2cccs2)c2ccccc21. The highest BCUT2D eigenvalue weighted by atomic mass is 32.2. The molecule has 1 unspecified atom stereocenters. The van der Waals surface area contributed by atoms with E-state index in [1.807, 2.05) is 35.7 Å². The number of anilines is 1. The number of nitrogens with one attached hydrogen (secondary N) is 1. The molecule has 0 aliphatic carbocycles. The summed E-state index contributed by atoms with van der Waals surface area (Å²) in [5.74, 6) is -0.00370. The summed E-state index contributed by atoms with van der Waals surface area (Å²) < 4.78 is 25.3. The minimum atomic E-state index is -3.31. The summed E-state index contributed by atoms with van der Waals surface area (Å²) in [6, 6.07) is 11.2. The molecule has 1 atom stereocenters. The molecular weight excluding hydrogens is 344 g/mol. The lowest BCUT2D eigenvalue weighted by Crippen LogP contribution is -2.40. The first kappa shape index (κ1) is 17.0. The molecule has 1 aliphatic heterocycles. The summed E-state index contributed by atoms with van der Waals surface area (Å²) in [4.78, 5) is 13.4. The average Bonchev–Trinajstić information content (AvgIpc) is 3.05. The molecule has 2 aromatic rings. The van der Waals surface area contributed by atoms with Gasteiger partial charge < -0.3 is 5.32 Å². The summed E-state index contributed by atoms with van der Waals surface area (Å²) in [6.45, 7) is 0.381. The van der Waals surface area contributed by atoms with Gasteiger partial charge in [0.1, 0.15) is 0 Å². The minimum absolute atomic E-state index is 0.00370. The number of thiophene rings is 1. The third kappa shape index (κ3) is 3.79. The molecular formula is C17H20N2O3S2. The van der Waals surface area contributed by atoms with Gasteiger partial charge in [0.15, 0.2) is 0 Å². The highest BCUT2D eigenvalue weighted by Gasteiger charge is 2.30. The zero-order chi connectivity index (χ0) is 17.2. The first-order valence-electron chi connectivity index (χ1n) is 7.83. The van der Waals surface area contributed by atoms with Crippen LogP contribution in [0.1, 0.15) is 29.3 Å². The lowest BCUT2D eigenvalue weighted by Gasteiger charge is -2.34. The Balaban J connectivity index is 1.71. The van der Waals surface area contributed by atoms with Crippen molar-refractivity contribution in [1.82, 2.24) is 5.32 Å². The Bertz CT molecular complexity index is 816. The quantitative estimate of drug-likeness (QED) is 0.887. The lowest BCUT2D eigenvalue weighted by atomic mass is 9.97. The summed E-state index contributed by atoms with van der Waals surface area (Å²) >= 11 is 1.65. The molecule has 0 saturated carbocycles. The van der Waals surface area contributed by atoms with Crippen LogP contribution in [-0.4, -0.2) is 27.1 Å². The number of nitrogens with zero attached hydrogens (tertiary/aromatic N) is 1. The second-order valence-corrected chi connectivity index (χ2v) is 8.82. The fourth-order valence-corrected chi connectivity index (χ4v) is 4.65. The maximum atomic E-state index is 12.3. The Morgan fingerprint density at radius 1 is 1.29 bits per heavy atom. The molecule has 1 amide bonds. The van der Waals surface area contributed by atoms with E-state index in [1.165, 1.54) is 15.4 Å². The van der Waals surface area contributed by atoms with Crippen molar-refractivity contribution in [1.29, 1.82) is 0 Å². The predicted octanol–water partition coefficient (Wildman–Crippen LogP) is 2.71. The maximum absolute atomic E-state index is 12.3. The summed E-state index contributed by atoms with van der Waals surface area (Å²) in [5.41, 5.74) is 1.52. The number of benzene rings is 1. The van der Waals surface area contributed by atoms with Gasteiger partial charge in [0.05, 0.1) is 18.0 Å². The van der Waals surface area contributed by atoms with Gasteiger partial charge in [0.2, 0.25) is 15.9 Å². The van der Waals surface area contributed by atoms with Crippen LogP contribution < -0.4 is 9.62 Å². The Morgan fingerprint density at radius 2 is 2.08 bits per heavy atom. The molecule has 0 bridgehead atoms. The van der Waals surface area contributed by atoms with Gasteiger partial charge in [-0.3, -0.25) is 9.10 Å². The molecule has 0 saturated heterocycles. The number of hydrogen-bond acceptors (Lipinski definition) is 4. The largest absolute Gasteiger partial charge is 0.349 e. The van der Waals surface area contributed by atoms with Crippen molar-refractivity contribution in [2.45, 2.75) is 25.3 Å². The van der Waals surface area contributed by atoms with Crippen LogP contribution in [0.3, 0.4) is 0 Å². The topological polar surface area (TPSA) is 66.5 Å². The number of fused-ring (bicyclic) bond motifs is 1. The average molecular weight is 364 g/mol. The van der Waals surface area contributed by atoms with Crippen molar-refractivity contribution in [2.24, 2.45) is 0 Å². The maximum Gasteiger partial charge on any atom is 0.232 e. The molecule has 24 heavy (non-hydrogen) atoms. The van der Waals surface area contributed by atoms with E-state index >= 15 is 0 Å². The molecule has 0 spiro atoms. The van der Waals surface area contributed by atoms with Crippen LogP contribution >= 0.6 is 11.3 Å². The van der Waals surface area contributed by atoms with Crippen LogP contribution in [0, 0.1) is 0 Å². The number of carbonyl (C=O) groups excluding carboxylic acids is 1. The van der Waals surface area contributed by atoms with E-state index in [4.69, 9.17) is 0 Å². The molecule has 128 valence electrons. The fourth-order valence-electron chi connectivity index (χ4n) is 2.98. The van der Waals surface area contributed by atoms with Gasteiger partial charge in [-0.25, -0.2) is 8.42 Å². The van der Waals surface area contributed by atoms with E-state index in [-0.39, 0.29) is 11.9 Å². The predicted molar refractivity (Wildman–Crippen MR) is 96.8 cm³/mol. The second kappa shape index (κ2) is 6.94. The zero-order valence-corrected chi connectivity index (χ0v) is 15.1. The number of rotatable bonds is 5. The molecule has 0 radical (unpaired) electrons. The number of amides is 1. The van der Waals surface area contributed by atoms with Gasteiger partial charge in [0, 0.05) is 17.8 Å². The van der Waals surface area contributed by atoms with Gasteiger partial charge in [-0.05, 0) is 35.9 Å². The van der Waals surface area contributed by atoms with E-state index < -0.39 is 10.0 Å². The van der Waals surface area contributed by atoms with Crippen LogP contribution in [0.2, 0.25) is 0 Å². The molecule has 1 N–H and O–H groups in total. The third-order valence-corrected chi connectivity index (χ3v) is 6.23. The summed E-state index contributed by atoms with van der Waals surface area (Å²) in [5, 5.41) is 5.06. The Hall–Kier alpha value is -1.86. The Kier molecular flexibility index (Phi) is 4.91. The van der Waals surface area contributed by atoms with Crippen LogP contribution in [-0.2, 0) is 21.2 Å². The molecule has 2 heterocycles. The Labute approximate surface area is 146 Å². The van der Waals surface area contributed by atoms with E-state index in [9.17, 15) is 13.2 Å². The van der Waals surface area contributed by atoms with Crippen LogP contribution in [0.5, 0.6) is 0 Å². The van der Waals surface area contributed by atoms with E-state index in [1.54, 1.807) is 17.4 Å². The number of hydrogen-bond donors (Lipinski definition) is 1. The highest BCUT2D eigenvalue weighted by Crippen LogP contribution is 2.35. The van der Waals surface area contributed by atoms with E-state index in [0.717, 1.165) is 12.0 Å². The van der Waals surface area contributed by atoms with Crippen molar-refractivity contribution in [2.75, 3.05) is 17.1 Å². The molecule has 5 nitrogen and oxygen atoms in total.